The van der Waals surface area contributed by atoms with Crippen LogP contribution in [0.15, 0.2) is 54.7 Å². The van der Waals surface area contributed by atoms with Crippen molar-refractivity contribution in [2.24, 2.45) is 0 Å². The van der Waals surface area contributed by atoms with Crippen molar-refractivity contribution in [3.63, 3.8) is 0 Å². The molecule has 3 rings (SSSR count). The van der Waals surface area contributed by atoms with Crippen molar-refractivity contribution in [3.8, 4) is 0 Å². The van der Waals surface area contributed by atoms with E-state index >= 15 is 0 Å². The van der Waals surface area contributed by atoms with Crippen LogP contribution in [-0.4, -0.2) is 29.0 Å². The summed E-state index contributed by atoms with van der Waals surface area (Å²) in [6, 6.07) is 18.2. The molecule has 0 saturated carbocycles. The van der Waals surface area contributed by atoms with Crippen LogP contribution < -0.4 is 5.32 Å². The van der Waals surface area contributed by atoms with E-state index in [1.165, 1.54) is 5.56 Å². The Balaban J connectivity index is 1.88. The van der Waals surface area contributed by atoms with E-state index in [4.69, 9.17) is 0 Å². The van der Waals surface area contributed by atoms with Crippen molar-refractivity contribution >= 4 is 0 Å². The minimum absolute atomic E-state index is 0.320. The van der Waals surface area contributed by atoms with Gasteiger partial charge in [-0.25, -0.2) is 0 Å². The van der Waals surface area contributed by atoms with E-state index in [-0.39, 0.29) is 0 Å². The molecule has 110 valence electrons. The Bertz CT molecular complexity index is 555. The van der Waals surface area contributed by atoms with Crippen LogP contribution in [0, 0.1) is 0 Å². The summed E-state index contributed by atoms with van der Waals surface area (Å²) in [6.45, 7) is 6.54. The van der Waals surface area contributed by atoms with Gasteiger partial charge in [0.25, 0.3) is 0 Å². The second-order valence-corrected chi connectivity index (χ2v) is 5.86. The molecule has 1 aliphatic heterocycles. The summed E-state index contributed by atoms with van der Waals surface area (Å²) in [4.78, 5) is 7.11. The molecular weight excluding hydrogens is 258 g/mol. The molecule has 1 aromatic carbocycles. The molecule has 1 N–H and O–H groups in total. The molecule has 0 radical (unpaired) electrons. The molecule has 2 aromatic rings. The van der Waals surface area contributed by atoms with Crippen LogP contribution in [0.2, 0.25) is 0 Å². The molecule has 1 fully saturated rings. The van der Waals surface area contributed by atoms with Gasteiger partial charge in [-0.15, -0.1) is 0 Å². The molecule has 1 aromatic heterocycles. The number of nitrogens with one attached hydrogen (secondary N) is 1. The second kappa shape index (κ2) is 6.37. The van der Waals surface area contributed by atoms with Gasteiger partial charge in [-0.2, -0.15) is 0 Å². The summed E-state index contributed by atoms with van der Waals surface area (Å²) < 4.78 is 0. The van der Waals surface area contributed by atoms with E-state index in [0.717, 1.165) is 18.8 Å². The van der Waals surface area contributed by atoms with Gasteiger partial charge in [0.2, 0.25) is 0 Å². The molecule has 3 nitrogen and oxygen atoms in total. The fourth-order valence-corrected chi connectivity index (χ4v) is 3.14. The van der Waals surface area contributed by atoms with E-state index in [1.54, 1.807) is 0 Å². The molecule has 3 heteroatoms. The van der Waals surface area contributed by atoms with Crippen LogP contribution in [0.3, 0.4) is 0 Å². The van der Waals surface area contributed by atoms with Crippen LogP contribution in [0.4, 0.5) is 0 Å². The molecule has 0 amide bonds. The Morgan fingerprint density at radius 1 is 1.14 bits per heavy atom. The Kier molecular flexibility index (Phi) is 4.32. The molecule has 3 atom stereocenters. The van der Waals surface area contributed by atoms with Gasteiger partial charge in [-0.1, -0.05) is 36.4 Å². The lowest BCUT2D eigenvalue weighted by molar-refractivity contribution is 0.0909. The molecule has 0 spiro atoms. The predicted octanol–water partition coefficient (Wildman–Crippen LogP) is 3.18. The van der Waals surface area contributed by atoms with Crippen molar-refractivity contribution in [2.75, 3.05) is 13.1 Å². The highest BCUT2D eigenvalue weighted by Crippen LogP contribution is 2.31. The normalized spacial score (nSPS) is 24.7. The fraction of sp³-hybridized carbons (Fsp3) is 0.389. The zero-order valence-corrected chi connectivity index (χ0v) is 12.7. The average Bonchev–Trinajstić information content (AvgIpc) is 2.56. The first-order valence-corrected chi connectivity index (χ1v) is 7.70. The third-order valence-electron chi connectivity index (χ3n) is 4.34. The Morgan fingerprint density at radius 3 is 2.62 bits per heavy atom. The lowest BCUT2D eigenvalue weighted by Crippen LogP contribution is -2.51. The summed E-state index contributed by atoms with van der Waals surface area (Å²) >= 11 is 0. The maximum Gasteiger partial charge on any atom is 0.0572 e. The Morgan fingerprint density at radius 2 is 1.90 bits per heavy atom. The van der Waals surface area contributed by atoms with Crippen LogP contribution in [-0.2, 0) is 0 Å². The standard InChI is InChI=1S/C18H23N3/c1-14-13-21(15(2)17-10-6-7-11-19-17)18(12-20-14)16-8-4-3-5-9-16/h3-11,14-15,18,20H,12-13H2,1-2H3. The largest absolute Gasteiger partial charge is 0.311 e. The van der Waals surface area contributed by atoms with Crippen molar-refractivity contribution in [3.05, 3.63) is 66.0 Å². The van der Waals surface area contributed by atoms with Crippen LogP contribution in [0.5, 0.6) is 0 Å². The summed E-state index contributed by atoms with van der Waals surface area (Å²) in [5.74, 6) is 0. The van der Waals surface area contributed by atoms with E-state index in [2.05, 4.69) is 71.5 Å². The lowest BCUT2D eigenvalue weighted by Gasteiger charge is -2.43. The van der Waals surface area contributed by atoms with E-state index in [1.807, 2.05) is 12.3 Å². The van der Waals surface area contributed by atoms with Crippen molar-refractivity contribution in [2.45, 2.75) is 32.0 Å². The van der Waals surface area contributed by atoms with Gasteiger partial charge in [0.15, 0.2) is 0 Å². The van der Waals surface area contributed by atoms with Gasteiger partial charge in [0.1, 0.15) is 0 Å². The highest BCUT2D eigenvalue weighted by atomic mass is 15.3. The zero-order valence-electron chi connectivity index (χ0n) is 12.7. The summed E-state index contributed by atoms with van der Waals surface area (Å²) in [6.07, 6.45) is 1.88. The lowest BCUT2D eigenvalue weighted by atomic mass is 9.98. The number of nitrogens with zero attached hydrogens (tertiary/aromatic N) is 2. The minimum Gasteiger partial charge on any atom is -0.311 e. The Labute approximate surface area is 127 Å². The first kappa shape index (κ1) is 14.2. The molecule has 2 heterocycles. The molecule has 3 unspecified atom stereocenters. The van der Waals surface area contributed by atoms with Gasteiger partial charge >= 0.3 is 0 Å². The van der Waals surface area contributed by atoms with E-state index in [0.29, 0.717) is 18.1 Å². The number of pyridine rings is 1. The van der Waals surface area contributed by atoms with Crippen LogP contribution in [0.1, 0.15) is 37.2 Å². The van der Waals surface area contributed by atoms with Gasteiger partial charge in [0.05, 0.1) is 5.69 Å². The summed E-state index contributed by atoms with van der Waals surface area (Å²) in [7, 11) is 0. The monoisotopic (exact) mass is 281 g/mol. The Hall–Kier alpha value is -1.71. The molecule has 1 saturated heterocycles. The highest BCUT2D eigenvalue weighted by Gasteiger charge is 2.31. The minimum atomic E-state index is 0.320. The second-order valence-electron chi connectivity index (χ2n) is 5.86. The molecule has 21 heavy (non-hydrogen) atoms. The number of aromatic nitrogens is 1. The van der Waals surface area contributed by atoms with Gasteiger partial charge in [0, 0.05) is 37.4 Å². The van der Waals surface area contributed by atoms with Crippen molar-refractivity contribution in [1.29, 1.82) is 0 Å². The van der Waals surface area contributed by atoms with Crippen molar-refractivity contribution in [1.82, 2.24) is 15.2 Å². The summed E-state index contributed by atoms with van der Waals surface area (Å²) in [5, 5.41) is 3.60. The highest BCUT2D eigenvalue weighted by molar-refractivity contribution is 5.21. The third-order valence-corrected chi connectivity index (χ3v) is 4.34. The SMILES string of the molecule is CC1CN(C(C)c2ccccn2)C(c2ccccc2)CN1. The third kappa shape index (κ3) is 3.14. The quantitative estimate of drug-likeness (QED) is 0.936. The van der Waals surface area contributed by atoms with Crippen LogP contribution in [0.25, 0.3) is 0 Å². The smallest absolute Gasteiger partial charge is 0.0572 e. The molecule has 0 aliphatic carbocycles. The van der Waals surface area contributed by atoms with E-state index in [9.17, 15) is 0 Å². The first-order chi connectivity index (χ1) is 10.3. The van der Waals surface area contributed by atoms with E-state index < -0.39 is 0 Å². The van der Waals surface area contributed by atoms with Crippen molar-refractivity contribution < 1.29 is 0 Å². The topological polar surface area (TPSA) is 28.2 Å². The number of hydrogen-bond acceptors (Lipinski definition) is 3. The van der Waals surface area contributed by atoms with Gasteiger partial charge in [-0.05, 0) is 31.5 Å². The molecular formula is C18H23N3. The molecule has 0 bridgehead atoms. The maximum absolute atomic E-state index is 4.54. The number of hydrogen-bond donors (Lipinski definition) is 1. The zero-order chi connectivity index (χ0) is 14.7. The summed E-state index contributed by atoms with van der Waals surface area (Å²) in [5.41, 5.74) is 2.52. The molecule has 1 aliphatic rings. The average molecular weight is 281 g/mol. The number of piperazine rings is 1. The number of benzene rings is 1. The maximum atomic E-state index is 4.54. The van der Waals surface area contributed by atoms with Gasteiger partial charge < -0.3 is 5.32 Å². The van der Waals surface area contributed by atoms with Crippen LogP contribution >= 0.6 is 0 Å². The first-order valence-electron chi connectivity index (χ1n) is 7.70. The number of rotatable bonds is 3. The predicted molar refractivity (Wildman–Crippen MR) is 86.0 cm³/mol. The van der Waals surface area contributed by atoms with Gasteiger partial charge in [-0.3, -0.25) is 9.88 Å². The fourth-order valence-electron chi connectivity index (χ4n) is 3.14.